The summed E-state index contributed by atoms with van der Waals surface area (Å²) in [5.74, 6) is -3.10. The van der Waals surface area contributed by atoms with Crippen LogP contribution in [0.2, 0.25) is 0 Å². The molecule has 5 N–H and O–H groups in total. The van der Waals surface area contributed by atoms with Crippen LogP contribution in [0.15, 0.2) is 91.1 Å². The third kappa shape index (κ3) is 9.78. The van der Waals surface area contributed by atoms with Crippen LogP contribution in [0, 0.1) is 5.92 Å². The fourth-order valence-corrected chi connectivity index (χ4v) is 8.32. The monoisotopic (exact) mass is 792 g/mol. The van der Waals surface area contributed by atoms with E-state index in [1.807, 2.05) is 133 Å². The minimum Gasteiger partial charge on any atom is -0.368 e. The lowest BCUT2D eigenvalue weighted by Gasteiger charge is -2.36. The molecule has 3 fully saturated rings. The minimum absolute atomic E-state index is 0.0468. The molecular weight excluding hydrogens is 737 g/mol. The van der Waals surface area contributed by atoms with Gasteiger partial charge >= 0.3 is 0 Å². The second kappa shape index (κ2) is 17.0. The summed E-state index contributed by atoms with van der Waals surface area (Å²) in [4.78, 5) is 68.0. The number of benzene rings is 3. The molecule has 13 heteroatoms. The largest absolute Gasteiger partial charge is 0.368 e. The topological polar surface area (TPSA) is 163 Å². The van der Waals surface area contributed by atoms with Gasteiger partial charge in [0.1, 0.15) is 24.3 Å². The Labute approximate surface area is 339 Å². The number of amides is 4. The number of ether oxygens (including phenoxy) is 2. The van der Waals surface area contributed by atoms with Gasteiger partial charge in [0.05, 0.1) is 35.7 Å². The first kappa shape index (κ1) is 41.1. The van der Waals surface area contributed by atoms with Gasteiger partial charge in [-0.2, -0.15) is 5.06 Å². The third-order valence-electron chi connectivity index (χ3n) is 10.7. The van der Waals surface area contributed by atoms with Crippen molar-refractivity contribution in [1.29, 1.82) is 0 Å². The van der Waals surface area contributed by atoms with Crippen molar-refractivity contribution in [2.75, 3.05) is 13.1 Å². The van der Waals surface area contributed by atoms with Crippen LogP contribution < -0.4 is 21.3 Å². The predicted molar refractivity (Wildman–Crippen MR) is 219 cm³/mol. The molecule has 1 aromatic heterocycles. The van der Waals surface area contributed by atoms with E-state index in [1.165, 1.54) is 0 Å². The van der Waals surface area contributed by atoms with Crippen LogP contribution >= 0.6 is 0 Å². The molecule has 13 nitrogen and oxygen atoms in total. The number of aromatic amines is 1. The van der Waals surface area contributed by atoms with Gasteiger partial charge in [0.15, 0.2) is 6.10 Å². The van der Waals surface area contributed by atoms with Crippen molar-refractivity contribution in [2.45, 2.75) is 114 Å². The van der Waals surface area contributed by atoms with Gasteiger partial charge in [0.25, 0.3) is 5.91 Å². The Hall–Kier alpha value is -5.08. The maximum Gasteiger partial charge on any atom is 0.252 e. The number of hydrogen-bond donors (Lipinski definition) is 5. The zero-order valence-corrected chi connectivity index (χ0v) is 34.1. The highest BCUT2D eigenvalue weighted by Gasteiger charge is 2.61. The van der Waals surface area contributed by atoms with Crippen LogP contribution in [0.5, 0.6) is 0 Å². The van der Waals surface area contributed by atoms with Crippen molar-refractivity contribution in [3.63, 3.8) is 0 Å². The quantitative estimate of drug-likeness (QED) is 0.180. The van der Waals surface area contributed by atoms with E-state index in [4.69, 9.17) is 14.3 Å². The molecule has 0 spiro atoms. The van der Waals surface area contributed by atoms with Crippen molar-refractivity contribution in [2.24, 2.45) is 5.92 Å². The van der Waals surface area contributed by atoms with Gasteiger partial charge in [-0.15, -0.1) is 0 Å². The van der Waals surface area contributed by atoms with Crippen LogP contribution in [-0.4, -0.2) is 100 Å². The maximum atomic E-state index is 15.0. The molecule has 7 rings (SSSR count). The van der Waals surface area contributed by atoms with Gasteiger partial charge in [-0.1, -0.05) is 78.9 Å². The Morgan fingerprint density at radius 1 is 0.672 bits per heavy atom. The molecule has 3 aliphatic heterocycles. The Morgan fingerprint density at radius 2 is 1.26 bits per heavy atom. The van der Waals surface area contributed by atoms with Crippen molar-refractivity contribution in [3.05, 3.63) is 108 Å². The number of fused-ring (bicyclic) bond motifs is 4. The molecular formula is C45H56N6O7. The Morgan fingerprint density at radius 3 is 1.93 bits per heavy atom. The van der Waals surface area contributed by atoms with E-state index in [9.17, 15) is 19.2 Å². The highest BCUT2D eigenvalue weighted by Crippen LogP contribution is 2.41. The van der Waals surface area contributed by atoms with Crippen molar-refractivity contribution in [1.82, 2.24) is 31.3 Å². The molecule has 0 saturated carbocycles. The zero-order chi connectivity index (χ0) is 41.2. The number of aromatic nitrogens is 1. The lowest BCUT2D eigenvalue weighted by Crippen LogP contribution is -2.60. The molecule has 3 saturated heterocycles. The van der Waals surface area contributed by atoms with Crippen LogP contribution in [0.3, 0.4) is 0 Å². The third-order valence-corrected chi connectivity index (χ3v) is 10.7. The molecule has 4 heterocycles. The average molecular weight is 793 g/mol. The van der Waals surface area contributed by atoms with Crippen molar-refractivity contribution < 1.29 is 33.5 Å². The molecule has 3 aliphatic rings. The van der Waals surface area contributed by atoms with Gasteiger partial charge in [0, 0.05) is 36.5 Å². The maximum absolute atomic E-state index is 15.0. The second-order valence-electron chi connectivity index (χ2n) is 17.6. The SMILES string of the molecule is CC(C)(C)O[C@H]1[C@@H]2[C@H]3C(=O)N[C@@H](Cc4c[nH]c5ccccc45)C(=O)N[C@@H](Cc4ccccc4)C(=O)N[C@H](Cc4ccccc4)CNC(=O)[C@H]3ON2C[C@@H]1OC(C)(C)C. The van der Waals surface area contributed by atoms with Crippen molar-refractivity contribution in [3.8, 4) is 0 Å². The molecule has 4 aromatic rings. The summed E-state index contributed by atoms with van der Waals surface area (Å²) in [5.41, 5.74) is 2.31. The van der Waals surface area contributed by atoms with Crippen LogP contribution in [0.1, 0.15) is 58.2 Å². The highest BCUT2D eigenvalue weighted by molar-refractivity contribution is 5.96. The average Bonchev–Trinajstić information content (AvgIpc) is 3.84. The van der Waals surface area contributed by atoms with E-state index < -0.39 is 83.2 Å². The van der Waals surface area contributed by atoms with E-state index in [1.54, 1.807) is 5.06 Å². The highest BCUT2D eigenvalue weighted by atomic mass is 16.7. The number of H-pyrrole nitrogens is 1. The molecule has 58 heavy (non-hydrogen) atoms. The Bertz CT molecular complexity index is 2080. The zero-order valence-electron chi connectivity index (χ0n) is 34.1. The molecule has 0 radical (unpaired) electrons. The number of carbonyl (C=O) groups excluding carboxylic acids is 4. The number of hydroxylamine groups is 2. The summed E-state index contributed by atoms with van der Waals surface area (Å²) < 4.78 is 13.2. The van der Waals surface area contributed by atoms with Crippen LogP contribution in [-0.2, 0) is 52.8 Å². The fraction of sp³-hybridized carbons (Fsp3) is 0.467. The fourth-order valence-electron chi connectivity index (χ4n) is 8.32. The van der Waals surface area contributed by atoms with E-state index in [2.05, 4.69) is 26.3 Å². The number of nitrogens with one attached hydrogen (secondary N) is 5. The first-order valence-electron chi connectivity index (χ1n) is 20.2. The van der Waals surface area contributed by atoms with Gasteiger partial charge in [-0.3, -0.25) is 24.0 Å². The van der Waals surface area contributed by atoms with E-state index >= 15 is 0 Å². The van der Waals surface area contributed by atoms with E-state index in [0.717, 1.165) is 27.6 Å². The van der Waals surface area contributed by atoms with Crippen LogP contribution in [0.4, 0.5) is 0 Å². The first-order valence-corrected chi connectivity index (χ1v) is 20.2. The molecule has 4 amide bonds. The molecule has 0 bridgehead atoms. The van der Waals surface area contributed by atoms with E-state index in [0.29, 0.717) is 6.42 Å². The summed E-state index contributed by atoms with van der Waals surface area (Å²) in [6.45, 7) is 12.0. The standard InChI is InChI=1S/C45H56N6O7/c1-44(2,3)56-35-26-51-37(38(35)57-45(4,5)6)36-39(58-51)43(55)47-25-30(21-27-15-9-7-10-16-27)48-40(52)33(22-28-17-11-8-12-18-28)49-41(53)34(50-42(36)54)23-29-24-46-32-20-14-13-19-31(29)32/h7-20,24,30,33-39,46H,21-23,25-26H2,1-6H3,(H,47,55)(H,48,52)(H,49,53)(H,50,54)/t30-,33+,34+,35+,36-,37+,38-,39+/m1/s1. The van der Waals surface area contributed by atoms with Gasteiger partial charge in [-0.05, 0) is 70.7 Å². The Kier molecular flexibility index (Phi) is 12.1. The van der Waals surface area contributed by atoms with Crippen LogP contribution in [0.25, 0.3) is 10.9 Å². The second-order valence-corrected chi connectivity index (χ2v) is 17.6. The summed E-state index contributed by atoms with van der Waals surface area (Å²) in [5, 5.41) is 14.8. The summed E-state index contributed by atoms with van der Waals surface area (Å²) >= 11 is 0. The molecule has 3 aromatic carbocycles. The van der Waals surface area contributed by atoms with Crippen molar-refractivity contribution >= 4 is 34.5 Å². The first-order chi connectivity index (χ1) is 27.6. The smallest absolute Gasteiger partial charge is 0.252 e. The minimum atomic E-state index is -1.26. The summed E-state index contributed by atoms with van der Waals surface area (Å²) in [6, 6.07) is 23.4. The molecule has 308 valence electrons. The number of nitrogens with zero attached hydrogens (tertiary/aromatic N) is 1. The van der Waals surface area contributed by atoms with Gasteiger partial charge in [0.2, 0.25) is 17.7 Å². The Balaban J connectivity index is 1.28. The number of rotatable bonds is 8. The number of para-hydroxylation sites is 1. The lowest BCUT2D eigenvalue weighted by molar-refractivity contribution is -0.174. The molecule has 8 atom stereocenters. The van der Waals surface area contributed by atoms with Gasteiger partial charge in [-0.25, -0.2) is 0 Å². The number of carbonyl (C=O) groups is 4. The normalized spacial score (nSPS) is 27.6. The van der Waals surface area contributed by atoms with Gasteiger partial charge < -0.3 is 35.7 Å². The molecule has 0 aliphatic carbocycles. The molecule has 0 unspecified atom stereocenters. The number of hydrogen-bond acceptors (Lipinski definition) is 8. The summed E-state index contributed by atoms with van der Waals surface area (Å²) in [7, 11) is 0. The summed E-state index contributed by atoms with van der Waals surface area (Å²) in [6.07, 6.45) is 0.135. The predicted octanol–water partition coefficient (Wildman–Crippen LogP) is 3.76. The van der Waals surface area contributed by atoms with E-state index in [-0.39, 0.29) is 25.9 Å². The lowest BCUT2D eigenvalue weighted by atomic mass is 9.88.